The largest absolute Gasteiger partial charge is 0.417 e. The SMILES string of the molecule is CC1c2ncn(C)c2CCN1C(=O)c1cccc(C(F)(F)F)c1Cl. The quantitative estimate of drug-likeness (QED) is 0.777. The van der Waals surface area contributed by atoms with Gasteiger partial charge in [-0.3, -0.25) is 4.79 Å². The molecule has 1 aromatic heterocycles. The van der Waals surface area contributed by atoms with E-state index in [1.165, 1.54) is 17.0 Å². The Morgan fingerprint density at radius 2 is 2.08 bits per heavy atom. The zero-order valence-electron chi connectivity index (χ0n) is 13.1. The normalized spacial score (nSPS) is 17.8. The highest BCUT2D eigenvalue weighted by Gasteiger charge is 2.37. The molecule has 0 spiro atoms. The molecule has 0 N–H and O–H groups in total. The molecule has 0 saturated carbocycles. The Kier molecular flexibility index (Phi) is 4.07. The van der Waals surface area contributed by atoms with Gasteiger partial charge in [0.15, 0.2) is 0 Å². The van der Waals surface area contributed by atoms with Crippen LogP contribution in [0.3, 0.4) is 0 Å². The van der Waals surface area contributed by atoms with E-state index in [9.17, 15) is 18.0 Å². The molecule has 0 fully saturated rings. The van der Waals surface area contributed by atoms with Crippen molar-refractivity contribution >= 4 is 17.5 Å². The minimum Gasteiger partial charge on any atom is -0.337 e. The van der Waals surface area contributed by atoms with Crippen LogP contribution in [0.4, 0.5) is 13.2 Å². The molecule has 1 aliphatic rings. The van der Waals surface area contributed by atoms with E-state index in [1.807, 2.05) is 18.5 Å². The number of halogens is 4. The zero-order valence-corrected chi connectivity index (χ0v) is 13.8. The van der Waals surface area contributed by atoms with Crippen molar-refractivity contribution in [2.45, 2.75) is 25.6 Å². The number of alkyl halides is 3. The van der Waals surface area contributed by atoms with Crippen LogP contribution in [0.15, 0.2) is 24.5 Å². The van der Waals surface area contributed by atoms with E-state index in [0.717, 1.165) is 17.5 Å². The van der Waals surface area contributed by atoms with Gasteiger partial charge in [-0.1, -0.05) is 17.7 Å². The van der Waals surface area contributed by atoms with Crippen LogP contribution in [-0.4, -0.2) is 26.9 Å². The molecular weight excluding hydrogens is 343 g/mol. The van der Waals surface area contributed by atoms with E-state index in [2.05, 4.69) is 4.98 Å². The lowest BCUT2D eigenvalue weighted by Crippen LogP contribution is -2.39. The molecule has 24 heavy (non-hydrogen) atoms. The number of aromatic nitrogens is 2. The number of aryl methyl sites for hydroxylation is 1. The van der Waals surface area contributed by atoms with Crippen LogP contribution < -0.4 is 0 Å². The van der Waals surface area contributed by atoms with Gasteiger partial charge in [0.25, 0.3) is 5.91 Å². The number of hydrogen-bond donors (Lipinski definition) is 0. The van der Waals surface area contributed by atoms with E-state index < -0.39 is 22.7 Å². The van der Waals surface area contributed by atoms with Gasteiger partial charge in [-0.15, -0.1) is 0 Å². The zero-order chi connectivity index (χ0) is 17.6. The fourth-order valence-electron chi connectivity index (χ4n) is 3.04. The summed E-state index contributed by atoms with van der Waals surface area (Å²) in [5, 5.41) is -0.561. The number of imidazole rings is 1. The molecule has 128 valence electrons. The Hall–Kier alpha value is -2.02. The molecule has 0 saturated heterocycles. The lowest BCUT2D eigenvalue weighted by molar-refractivity contribution is -0.137. The minimum atomic E-state index is -4.60. The van der Waals surface area contributed by atoms with Crippen LogP contribution in [-0.2, 0) is 19.6 Å². The van der Waals surface area contributed by atoms with Gasteiger partial charge in [0.2, 0.25) is 0 Å². The van der Waals surface area contributed by atoms with Crippen LogP contribution in [0.2, 0.25) is 5.02 Å². The standard InChI is InChI=1S/C16H15ClF3N3O/c1-9-14-12(22(2)8-21-14)6-7-23(9)15(24)10-4-3-5-11(13(10)17)16(18,19)20/h3-5,8-9H,6-7H2,1-2H3. The van der Waals surface area contributed by atoms with Gasteiger partial charge < -0.3 is 9.47 Å². The Labute approximate surface area is 141 Å². The summed E-state index contributed by atoms with van der Waals surface area (Å²) in [7, 11) is 1.87. The summed E-state index contributed by atoms with van der Waals surface area (Å²) in [6.45, 7) is 2.21. The predicted molar refractivity (Wildman–Crippen MR) is 82.8 cm³/mol. The first-order valence-electron chi connectivity index (χ1n) is 7.38. The van der Waals surface area contributed by atoms with Crippen LogP contribution in [0.5, 0.6) is 0 Å². The van der Waals surface area contributed by atoms with E-state index in [4.69, 9.17) is 11.6 Å². The highest BCUT2D eigenvalue weighted by molar-refractivity contribution is 6.34. The van der Waals surface area contributed by atoms with Gasteiger partial charge in [0, 0.05) is 25.7 Å². The fourth-order valence-corrected chi connectivity index (χ4v) is 3.36. The number of fused-ring (bicyclic) bond motifs is 1. The number of amides is 1. The summed E-state index contributed by atoms with van der Waals surface area (Å²) in [4.78, 5) is 18.6. The second kappa shape index (κ2) is 5.81. The lowest BCUT2D eigenvalue weighted by Gasteiger charge is -2.33. The van der Waals surface area contributed by atoms with Crippen molar-refractivity contribution in [2.24, 2.45) is 7.05 Å². The number of rotatable bonds is 1. The Morgan fingerprint density at radius 1 is 1.38 bits per heavy atom. The minimum absolute atomic E-state index is 0.141. The Balaban J connectivity index is 1.96. The van der Waals surface area contributed by atoms with Crippen LogP contribution in [0, 0.1) is 0 Å². The Bertz CT molecular complexity index is 800. The van der Waals surface area contributed by atoms with Crippen molar-refractivity contribution in [3.8, 4) is 0 Å². The number of carbonyl (C=O) groups excluding carboxylic acids is 1. The summed E-state index contributed by atoms with van der Waals surface area (Å²) in [6, 6.07) is 3.06. The van der Waals surface area contributed by atoms with E-state index in [1.54, 1.807) is 6.33 Å². The highest BCUT2D eigenvalue weighted by Crippen LogP contribution is 2.37. The highest BCUT2D eigenvalue weighted by atomic mass is 35.5. The first kappa shape index (κ1) is 16.8. The molecule has 3 rings (SSSR count). The van der Waals surface area contributed by atoms with E-state index in [-0.39, 0.29) is 11.6 Å². The summed E-state index contributed by atoms with van der Waals surface area (Å²) in [5.41, 5.74) is 0.651. The number of hydrogen-bond acceptors (Lipinski definition) is 2. The molecule has 1 aromatic carbocycles. The monoisotopic (exact) mass is 357 g/mol. The summed E-state index contributed by atoms with van der Waals surface area (Å²) in [6.07, 6.45) is -2.33. The number of benzene rings is 1. The maximum atomic E-state index is 13.0. The third-order valence-electron chi connectivity index (χ3n) is 4.34. The van der Waals surface area contributed by atoms with Crippen molar-refractivity contribution in [3.05, 3.63) is 52.1 Å². The average molecular weight is 358 g/mol. The molecule has 1 unspecified atom stereocenters. The molecule has 0 radical (unpaired) electrons. The average Bonchev–Trinajstić information content (AvgIpc) is 2.88. The molecular formula is C16H15ClF3N3O. The van der Waals surface area contributed by atoms with Crippen LogP contribution in [0.25, 0.3) is 0 Å². The van der Waals surface area contributed by atoms with Crippen molar-refractivity contribution in [3.63, 3.8) is 0 Å². The van der Waals surface area contributed by atoms with Crippen LogP contribution in [0.1, 0.15) is 40.3 Å². The van der Waals surface area contributed by atoms with Gasteiger partial charge in [0.05, 0.1) is 34.2 Å². The molecule has 2 aromatic rings. The summed E-state index contributed by atoms with van der Waals surface area (Å²) >= 11 is 5.87. The fraction of sp³-hybridized carbons (Fsp3) is 0.375. The molecule has 4 nitrogen and oxygen atoms in total. The summed E-state index contributed by atoms with van der Waals surface area (Å²) in [5.74, 6) is -0.519. The third kappa shape index (κ3) is 2.66. The number of carbonyl (C=O) groups is 1. The second-order valence-corrected chi connectivity index (χ2v) is 6.15. The molecule has 1 aliphatic heterocycles. The number of nitrogens with zero attached hydrogens (tertiary/aromatic N) is 3. The predicted octanol–water partition coefficient (Wildman–Crippen LogP) is 3.85. The first-order chi connectivity index (χ1) is 11.2. The topological polar surface area (TPSA) is 38.1 Å². The van der Waals surface area contributed by atoms with Gasteiger partial charge in [-0.25, -0.2) is 4.98 Å². The van der Waals surface area contributed by atoms with Crippen molar-refractivity contribution in [1.82, 2.24) is 14.5 Å². The first-order valence-corrected chi connectivity index (χ1v) is 7.76. The van der Waals surface area contributed by atoms with E-state index >= 15 is 0 Å². The van der Waals surface area contributed by atoms with Gasteiger partial charge in [-0.2, -0.15) is 13.2 Å². The maximum Gasteiger partial charge on any atom is 0.417 e. The smallest absolute Gasteiger partial charge is 0.337 e. The lowest BCUT2D eigenvalue weighted by atomic mass is 10.0. The van der Waals surface area contributed by atoms with Crippen molar-refractivity contribution in [1.29, 1.82) is 0 Å². The van der Waals surface area contributed by atoms with Gasteiger partial charge in [-0.05, 0) is 19.1 Å². The Morgan fingerprint density at radius 3 is 2.75 bits per heavy atom. The molecule has 2 heterocycles. The molecule has 0 bridgehead atoms. The van der Waals surface area contributed by atoms with Crippen molar-refractivity contribution < 1.29 is 18.0 Å². The molecule has 0 aliphatic carbocycles. The third-order valence-corrected chi connectivity index (χ3v) is 4.75. The van der Waals surface area contributed by atoms with Gasteiger partial charge in [0.1, 0.15) is 0 Å². The molecule has 8 heteroatoms. The summed E-state index contributed by atoms with van der Waals surface area (Å²) < 4.78 is 40.9. The molecule has 1 atom stereocenters. The van der Waals surface area contributed by atoms with E-state index in [0.29, 0.717) is 13.0 Å². The maximum absolute atomic E-state index is 13.0. The van der Waals surface area contributed by atoms with Crippen LogP contribution >= 0.6 is 11.6 Å². The molecule has 1 amide bonds. The van der Waals surface area contributed by atoms with Gasteiger partial charge >= 0.3 is 6.18 Å². The van der Waals surface area contributed by atoms with Crippen molar-refractivity contribution in [2.75, 3.05) is 6.54 Å². The second-order valence-electron chi connectivity index (χ2n) is 5.78.